The fourth-order valence-electron chi connectivity index (χ4n) is 1.25. The van der Waals surface area contributed by atoms with E-state index in [1.807, 2.05) is 13.0 Å². The zero-order valence-corrected chi connectivity index (χ0v) is 6.26. The van der Waals surface area contributed by atoms with Gasteiger partial charge in [0.25, 0.3) is 0 Å². The van der Waals surface area contributed by atoms with Gasteiger partial charge in [-0.25, -0.2) is 4.98 Å². The van der Waals surface area contributed by atoms with Crippen molar-refractivity contribution in [2.45, 2.75) is 6.92 Å². The molecule has 0 amide bonds. The summed E-state index contributed by atoms with van der Waals surface area (Å²) in [6, 6.07) is 1.95. The Bertz CT molecular complexity index is 389. The molecule has 0 aromatic carbocycles. The number of aromatic nitrogens is 2. The maximum atomic E-state index is 5.71. The number of rotatable bonds is 0. The van der Waals surface area contributed by atoms with Gasteiger partial charge in [0.15, 0.2) is 0 Å². The van der Waals surface area contributed by atoms with Crippen LogP contribution in [0.1, 0.15) is 5.56 Å². The van der Waals surface area contributed by atoms with Gasteiger partial charge in [-0.05, 0) is 18.6 Å². The molecule has 11 heavy (non-hydrogen) atoms. The molecule has 0 aliphatic heterocycles. The Hall–Kier alpha value is -1.51. The number of aryl methyl sites for hydroxylation is 1. The summed E-state index contributed by atoms with van der Waals surface area (Å²) < 4.78 is 0. The number of H-pyrrole nitrogens is 1. The standard InChI is InChI=1S/C8H9N3/c1-5-2-3-10-8-7(5)6(9)4-11-8/h2-4H,9H2,1H3,(H,10,11). The number of nitrogens with zero attached hydrogens (tertiary/aromatic N) is 1. The second kappa shape index (κ2) is 1.99. The predicted molar refractivity (Wildman–Crippen MR) is 45.2 cm³/mol. The Morgan fingerprint density at radius 2 is 2.36 bits per heavy atom. The van der Waals surface area contributed by atoms with Crippen molar-refractivity contribution in [3.05, 3.63) is 24.0 Å². The highest BCUT2D eigenvalue weighted by molar-refractivity contribution is 5.91. The average molecular weight is 147 g/mol. The number of anilines is 1. The van der Waals surface area contributed by atoms with Crippen molar-refractivity contribution < 1.29 is 0 Å². The molecule has 2 heterocycles. The summed E-state index contributed by atoms with van der Waals surface area (Å²) in [6.07, 6.45) is 3.54. The molecular formula is C8H9N3. The van der Waals surface area contributed by atoms with Crippen LogP contribution in [0.2, 0.25) is 0 Å². The highest BCUT2D eigenvalue weighted by atomic mass is 14.9. The minimum absolute atomic E-state index is 0.769. The molecule has 3 nitrogen and oxygen atoms in total. The zero-order valence-electron chi connectivity index (χ0n) is 6.26. The van der Waals surface area contributed by atoms with Crippen molar-refractivity contribution in [2.24, 2.45) is 0 Å². The van der Waals surface area contributed by atoms with E-state index in [4.69, 9.17) is 5.73 Å². The molecule has 3 heteroatoms. The first-order valence-corrected chi connectivity index (χ1v) is 3.47. The maximum Gasteiger partial charge on any atom is 0.139 e. The second-order valence-corrected chi connectivity index (χ2v) is 2.60. The lowest BCUT2D eigenvalue weighted by atomic mass is 10.2. The molecule has 0 aliphatic carbocycles. The first-order chi connectivity index (χ1) is 5.29. The van der Waals surface area contributed by atoms with Crippen LogP contribution in [0.15, 0.2) is 18.5 Å². The van der Waals surface area contributed by atoms with Gasteiger partial charge in [0, 0.05) is 17.8 Å². The van der Waals surface area contributed by atoms with Crippen LogP contribution in [-0.4, -0.2) is 9.97 Å². The van der Waals surface area contributed by atoms with E-state index < -0.39 is 0 Å². The van der Waals surface area contributed by atoms with Crippen LogP contribution in [0, 0.1) is 6.92 Å². The van der Waals surface area contributed by atoms with Crippen LogP contribution in [0.5, 0.6) is 0 Å². The van der Waals surface area contributed by atoms with Gasteiger partial charge in [-0.1, -0.05) is 0 Å². The minimum atomic E-state index is 0.769. The molecule has 0 unspecified atom stereocenters. The first-order valence-electron chi connectivity index (χ1n) is 3.47. The highest BCUT2D eigenvalue weighted by Crippen LogP contribution is 2.21. The molecule has 2 aromatic heterocycles. The summed E-state index contributed by atoms with van der Waals surface area (Å²) >= 11 is 0. The largest absolute Gasteiger partial charge is 0.397 e. The Labute approximate surface area is 64.2 Å². The number of nitrogen functional groups attached to an aromatic ring is 1. The van der Waals surface area contributed by atoms with E-state index in [0.29, 0.717) is 0 Å². The molecule has 2 aromatic rings. The molecule has 56 valence electrons. The molecule has 3 N–H and O–H groups in total. The normalized spacial score (nSPS) is 10.6. The third kappa shape index (κ3) is 0.774. The molecule has 0 saturated heterocycles. The maximum absolute atomic E-state index is 5.71. The summed E-state index contributed by atoms with van der Waals surface area (Å²) in [5.74, 6) is 0. The van der Waals surface area contributed by atoms with Crippen molar-refractivity contribution in [3.8, 4) is 0 Å². The predicted octanol–water partition coefficient (Wildman–Crippen LogP) is 1.45. The third-order valence-electron chi connectivity index (χ3n) is 1.81. The quantitative estimate of drug-likeness (QED) is 0.592. The molecule has 0 atom stereocenters. The van der Waals surface area contributed by atoms with Gasteiger partial charge in [-0.3, -0.25) is 0 Å². The van der Waals surface area contributed by atoms with E-state index in [1.165, 1.54) is 0 Å². The summed E-state index contributed by atoms with van der Waals surface area (Å²) in [5, 5.41) is 1.03. The number of hydrogen-bond donors (Lipinski definition) is 2. The second-order valence-electron chi connectivity index (χ2n) is 2.60. The summed E-state index contributed by atoms with van der Waals surface area (Å²) in [5.41, 5.74) is 8.50. The highest BCUT2D eigenvalue weighted by Gasteiger charge is 2.02. The van der Waals surface area contributed by atoms with E-state index >= 15 is 0 Å². The SMILES string of the molecule is Cc1ccnc2[nH]cc(N)c12. The molecule has 2 rings (SSSR count). The van der Waals surface area contributed by atoms with Gasteiger partial charge >= 0.3 is 0 Å². The van der Waals surface area contributed by atoms with E-state index in [0.717, 1.165) is 22.3 Å². The molecule has 0 saturated carbocycles. The van der Waals surface area contributed by atoms with Crippen molar-refractivity contribution in [1.82, 2.24) is 9.97 Å². The summed E-state index contributed by atoms with van der Waals surface area (Å²) in [6.45, 7) is 2.02. The fraction of sp³-hybridized carbons (Fsp3) is 0.125. The lowest BCUT2D eigenvalue weighted by Gasteiger charge is -1.94. The average Bonchev–Trinajstić information content (AvgIpc) is 2.34. The molecular weight excluding hydrogens is 138 g/mol. The number of aromatic amines is 1. The lowest BCUT2D eigenvalue weighted by Crippen LogP contribution is -1.84. The van der Waals surface area contributed by atoms with Crippen LogP contribution in [0.25, 0.3) is 11.0 Å². The number of pyridine rings is 1. The fourth-order valence-corrected chi connectivity index (χ4v) is 1.25. The number of nitrogens with one attached hydrogen (secondary N) is 1. The van der Waals surface area contributed by atoms with Crippen molar-refractivity contribution >= 4 is 16.7 Å². The van der Waals surface area contributed by atoms with Gasteiger partial charge < -0.3 is 10.7 Å². The zero-order chi connectivity index (χ0) is 7.84. The third-order valence-corrected chi connectivity index (χ3v) is 1.81. The monoisotopic (exact) mass is 147 g/mol. The molecule has 0 radical (unpaired) electrons. The van der Waals surface area contributed by atoms with Gasteiger partial charge in [0.2, 0.25) is 0 Å². The van der Waals surface area contributed by atoms with Crippen molar-refractivity contribution in [2.75, 3.05) is 5.73 Å². The molecule has 0 spiro atoms. The topological polar surface area (TPSA) is 54.7 Å². The Balaban J connectivity index is 2.96. The first kappa shape index (κ1) is 6.22. The number of hydrogen-bond acceptors (Lipinski definition) is 2. The van der Waals surface area contributed by atoms with Crippen LogP contribution >= 0.6 is 0 Å². The van der Waals surface area contributed by atoms with E-state index in [1.54, 1.807) is 12.4 Å². The smallest absolute Gasteiger partial charge is 0.139 e. The van der Waals surface area contributed by atoms with Crippen LogP contribution in [0.3, 0.4) is 0 Å². The van der Waals surface area contributed by atoms with Crippen molar-refractivity contribution in [1.29, 1.82) is 0 Å². The Morgan fingerprint density at radius 3 is 3.09 bits per heavy atom. The summed E-state index contributed by atoms with van der Waals surface area (Å²) in [4.78, 5) is 7.12. The Morgan fingerprint density at radius 1 is 1.55 bits per heavy atom. The lowest BCUT2D eigenvalue weighted by molar-refractivity contribution is 1.31. The minimum Gasteiger partial charge on any atom is -0.397 e. The van der Waals surface area contributed by atoms with Gasteiger partial charge in [-0.2, -0.15) is 0 Å². The molecule has 0 aliphatic rings. The van der Waals surface area contributed by atoms with Crippen LogP contribution < -0.4 is 5.73 Å². The van der Waals surface area contributed by atoms with Crippen LogP contribution in [0.4, 0.5) is 5.69 Å². The van der Waals surface area contributed by atoms with E-state index in [-0.39, 0.29) is 0 Å². The number of nitrogens with two attached hydrogens (primary N) is 1. The van der Waals surface area contributed by atoms with Gasteiger partial charge in [0.05, 0.1) is 5.69 Å². The molecule has 0 fully saturated rings. The van der Waals surface area contributed by atoms with Crippen LogP contribution in [-0.2, 0) is 0 Å². The molecule has 0 bridgehead atoms. The van der Waals surface area contributed by atoms with E-state index in [9.17, 15) is 0 Å². The van der Waals surface area contributed by atoms with Crippen molar-refractivity contribution in [3.63, 3.8) is 0 Å². The van der Waals surface area contributed by atoms with Gasteiger partial charge in [-0.15, -0.1) is 0 Å². The van der Waals surface area contributed by atoms with Gasteiger partial charge in [0.1, 0.15) is 5.65 Å². The number of fused-ring (bicyclic) bond motifs is 1. The summed E-state index contributed by atoms with van der Waals surface area (Å²) in [7, 11) is 0. The van der Waals surface area contributed by atoms with E-state index in [2.05, 4.69) is 9.97 Å². The Kier molecular flexibility index (Phi) is 1.12.